The molecule has 0 unspecified atom stereocenters. The first-order chi connectivity index (χ1) is 10.8. The number of nitrogens with one attached hydrogen (secondary N) is 1. The molecule has 1 N–H and O–H groups in total. The van der Waals surface area contributed by atoms with Crippen LogP contribution < -0.4 is 10.1 Å². The SMILES string of the molecule is CCOc1cc(NCc2coc(-c3ccccc3)n2)ncn1. The Morgan fingerprint density at radius 1 is 1.18 bits per heavy atom. The van der Waals surface area contributed by atoms with Gasteiger partial charge in [0, 0.05) is 11.6 Å². The Kier molecular flexibility index (Phi) is 4.29. The maximum Gasteiger partial charge on any atom is 0.226 e. The molecule has 3 rings (SSSR count). The van der Waals surface area contributed by atoms with Gasteiger partial charge in [0.2, 0.25) is 11.8 Å². The van der Waals surface area contributed by atoms with Gasteiger partial charge in [-0.05, 0) is 19.1 Å². The van der Waals surface area contributed by atoms with E-state index in [1.54, 1.807) is 12.3 Å². The van der Waals surface area contributed by atoms with Crippen LogP contribution in [0.1, 0.15) is 12.6 Å². The highest BCUT2D eigenvalue weighted by molar-refractivity contribution is 5.52. The summed E-state index contributed by atoms with van der Waals surface area (Å²) < 4.78 is 10.8. The third kappa shape index (κ3) is 3.41. The summed E-state index contributed by atoms with van der Waals surface area (Å²) in [5.74, 6) is 1.84. The van der Waals surface area contributed by atoms with Crippen LogP contribution in [-0.4, -0.2) is 21.6 Å². The van der Waals surface area contributed by atoms with Gasteiger partial charge >= 0.3 is 0 Å². The highest BCUT2D eigenvalue weighted by Crippen LogP contribution is 2.18. The Morgan fingerprint density at radius 3 is 2.86 bits per heavy atom. The summed E-state index contributed by atoms with van der Waals surface area (Å²) in [6.07, 6.45) is 3.10. The summed E-state index contributed by atoms with van der Waals surface area (Å²) in [4.78, 5) is 12.6. The maximum atomic E-state index is 5.49. The zero-order valence-electron chi connectivity index (χ0n) is 12.2. The third-order valence-electron chi connectivity index (χ3n) is 2.96. The third-order valence-corrected chi connectivity index (χ3v) is 2.96. The van der Waals surface area contributed by atoms with Gasteiger partial charge in [-0.2, -0.15) is 0 Å². The molecule has 0 aliphatic heterocycles. The lowest BCUT2D eigenvalue weighted by atomic mass is 10.2. The molecule has 2 aromatic heterocycles. The number of ether oxygens (including phenoxy) is 1. The summed E-state index contributed by atoms with van der Waals surface area (Å²) in [6, 6.07) is 11.5. The first kappa shape index (κ1) is 14.1. The van der Waals surface area contributed by atoms with Crippen molar-refractivity contribution < 1.29 is 9.15 Å². The van der Waals surface area contributed by atoms with Gasteiger partial charge in [-0.25, -0.2) is 15.0 Å². The Labute approximate surface area is 128 Å². The van der Waals surface area contributed by atoms with Crippen molar-refractivity contribution >= 4 is 5.82 Å². The minimum atomic E-state index is 0.513. The average Bonchev–Trinajstić information content (AvgIpc) is 3.04. The number of hydrogen-bond donors (Lipinski definition) is 1. The van der Waals surface area contributed by atoms with Crippen LogP contribution in [0.5, 0.6) is 5.88 Å². The van der Waals surface area contributed by atoms with Crippen molar-refractivity contribution in [2.24, 2.45) is 0 Å². The molecule has 0 bridgehead atoms. The minimum Gasteiger partial charge on any atom is -0.478 e. The molecule has 1 aromatic carbocycles. The van der Waals surface area contributed by atoms with Crippen LogP contribution in [0, 0.1) is 0 Å². The van der Waals surface area contributed by atoms with Gasteiger partial charge in [-0.15, -0.1) is 0 Å². The second kappa shape index (κ2) is 6.71. The monoisotopic (exact) mass is 296 g/mol. The molecule has 3 aromatic rings. The normalized spacial score (nSPS) is 10.4. The lowest BCUT2D eigenvalue weighted by molar-refractivity contribution is 0.326. The fourth-order valence-electron chi connectivity index (χ4n) is 1.95. The molecule has 0 radical (unpaired) electrons. The largest absolute Gasteiger partial charge is 0.478 e. The highest BCUT2D eigenvalue weighted by Gasteiger charge is 2.06. The predicted octanol–water partition coefficient (Wildman–Crippen LogP) is 3.14. The van der Waals surface area contributed by atoms with E-state index in [2.05, 4.69) is 20.3 Å². The summed E-state index contributed by atoms with van der Waals surface area (Å²) in [6.45, 7) is 2.99. The summed E-state index contributed by atoms with van der Waals surface area (Å²) in [5, 5.41) is 3.17. The number of nitrogens with zero attached hydrogens (tertiary/aromatic N) is 3. The zero-order valence-corrected chi connectivity index (χ0v) is 12.2. The lowest BCUT2D eigenvalue weighted by Gasteiger charge is -2.05. The van der Waals surface area contributed by atoms with E-state index < -0.39 is 0 Å². The average molecular weight is 296 g/mol. The lowest BCUT2D eigenvalue weighted by Crippen LogP contribution is -2.03. The second-order valence-electron chi connectivity index (χ2n) is 4.54. The van der Waals surface area contributed by atoms with Gasteiger partial charge in [-0.1, -0.05) is 18.2 Å². The van der Waals surface area contributed by atoms with Crippen molar-refractivity contribution in [3.05, 3.63) is 54.7 Å². The van der Waals surface area contributed by atoms with Gasteiger partial charge in [0.25, 0.3) is 0 Å². The topological polar surface area (TPSA) is 73.1 Å². The van der Waals surface area contributed by atoms with Crippen molar-refractivity contribution in [2.75, 3.05) is 11.9 Å². The molecule has 2 heterocycles. The molecular weight excluding hydrogens is 280 g/mol. The van der Waals surface area contributed by atoms with E-state index in [4.69, 9.17) is 9.15 Å². The number of hydrogen-bond acceptors (Lipinski definition) is 6. The number of aromatic nitrogens is 3. The van der Waals surface area contributed by atoms with Crippen molar-refractivity contribution in [1.82, 2.24) is 15.0 Å². The van der Waals surface area contributed by atoms with Gasteiger partial charge in [0.05, 0.1) is 18.8 Å². The molecule has 6 heteroatoms. The zero-order chi connectivity index (χ0) is 15.2. The summed E-state index contributed by atoms with van der Waals surface area (Å²) in [5.41, 5.74) is 1.75. The van der Waals surface area contributed by atoms with Crippen LogP contribution >= 0.6 is 0 Å². The standard InChI is InChI=1S/C16H16N4O2/c1-2-21-15-8-14(18-11-19-15)17-9-13-10-22-16(20-13)12-6-4-3-5-7-12/h3-8,10-11H,2,9H2,1H3,(H,17,18,19). The van der Waals surface area contributed by atoms with Gasteiger partial charge < -0.3 is 14.5 Å². The fraction of sp³-hybridized carbons (Fsp3) is 0.188. The molecule has 0 amide bonds. The molecule has 0 aliphatic rings. The van der Waals surface area contributed by atoms with Crippen LogP contribution in [0.3, 0.4) is 0 Å². The molecule has 22 heavy (non-hydrogen) atoms. The Morgan fingerprint density at radius 2 is 2.05 bits per heavy atom. The van der Waals surface area contributed by atoms with E-state index in [9.17, 15) is 0 Å². The molecule has 0 atom stereocenters. The van der Waals surface area contributed by atoms with E-state index in [1.807, 2.05) is 37.3 Å². The molecule has 0 aliphatic carbocycles. The van der Waals surface area contributed by atoms with Crippen LogP contribution in [0.2, 0.25) is 0 Å². The first-order valence-corrected chi connectivity index (χ1v) is 7.03. The smallest absolute Gasteiger partial charge is 0.226 e. The van der Waals surface area contributed by atoms with Crippen LogP contribution in [0.15, 0.2) is 53.4 Å². The second-order valence-corrected chi connectivity index (χ2v) is 4.54. The van der Waals surface area contributed by atoms with E-state index in [1.165, 1.54) is 6.33 Å². The predicted molar refractivity (Wildman–Crippen MR) is 82.5 cm³/mol. The number of anilines is 1. The van der Waals surface area contributed by atoms with E-state index in [0.29, 0.717) is 30.7 Å². The van der Waals surface area contributed by atoms with Gasteiger partial charge in [-0.3, -0.25) is 0 Å². The highest BCUT2D eigenvalue weighted by atomic mass is 16.5. The minimum absolute atomic E-state index is 0.513. The van der Waals surface area contributed by atoms with Gasteiger partial charge in [0.15, 0.2) is 0 Å². The molecular formula is C16H16N4O2. The maximum absolute atomic E-state index is 5.49. The van der Waals surface area contributed by atoms with Crippen LogP contribution in [0.4, 0.5) is 5.82 Å². The van der Waals surface area contributed by atoms with Crippen molar-refractivity contribution in [3.63, 3.8) is 0 Å². The summed E-state index contributed by atoms with van der Waals surface area (Å²) >= 11 is 0. The Bertz CT molecular complexity index is 728. The number of oxazole rings is 1. The molecule has 6 nitrogen and oxygen atoms in total. The molecule has 0 spiro atoms. The van der Waals surface area contributed by atoms with E-state index >= 15 is 0 Å². The van der Waals surface area contributed by atoms with E-state index in [-0.39, 0.29) is 0 Å². The van der Waals surface area contributed by atoms with E-state index in [0.717, 1.165) is 11.3 Å². The van der Waals surface area contributed by atoms with Crippen molar-refractivity contribution in [1.29, 1.82) is 0 Å². The molecule has 0 fully saturated rings. The van der Waals surface area contributed by atoms with Crippen LogP contribution in [-0.2, 0) is 6.54 Å². The first-order valence-electron chi connectivity index (χ1n) is 7.03. The Hall–Kier alpha value is -2.89. The number of rotatable bonds is 6. The quantitative estimate of drug-likeness (QED) is 0.753. The van der Waals surface area contributed by atoms with Gasteiger partial charge in [0.1, 0.15) is 18.4 Å². The fourth-order valence-corrected chi connectivity index (χ4v) is 1.95. The molecule has 0 saturated carbocycles. The van der Waals surface area contributed by atoms with Crippen LogP contribution in [0.25, 0.3) is 11.5 Å². The van der Waals surface area contributed by atoms with Crippen molar-refractivity contribution in [2.45, 2.75) is 13.5 Å². The molecule has 0 saturated heterocycles. The molecule has 112 valence electrons. The number of benzene rings is 1. The van der Waals surface area contributed by atoms with Crippen molar-refractivity contribution in [3.8, 4) is 17.3 Å². The Balaban J connectivity index is 1.65. The summed E-state index contributed by atoms with van der Waals surface area (Å²) in [7, 11) is 0.